The third kappa shape index (κ3) is 1.92. The Hall–Kier alpha value is -0.800. The molecule has 0 N–H and O–H groups in total. The number of hydrogen-bond donors (Lipinski definition) is 0. The number of halogens is 2. The van der Waals surface area contributed by atoms with E-state index in [0.717, 1.165) is 10.2 Å². The quantitative estimate of drug-likeness (QED) is 0.766. The standard InChI is InChI=1S/C9H6BrClN2/c10-7-2-1-3-9(4-7)13-6-8(11)5-12-13/h1-6H. The summed E-state index contributed by atoms with van der Waals surface area (Å²) in [6, 6.07) is 7.86. The van der Waals surface area contributed by atoms with Crippen molar-refractivity contribution in [2.45, 2.75) is 0 Å². The Balaban J connectivity index is 2.46. The van der Waals surface area contributed by atoms with Crippen LogP contribution >= 0.6 is 27.5 Å². The fourth-order valence-electron chi connectivity index (χ4n) is 1.06. The van der Waals surface area contributed by atoms with E-state index in [1.807, 2.05) is 24.3 Å². The van der Waals surface area contributed by atoms with Crippen LogP contribution in [0.1, 0.15) is 0 Å². The predicted octanol–water partition coefficient (Wildman–Crippen LogP) is 3.29. The Bertz CT molecular complexity index is 425. The molecule has 1 heterocycles. The van der Waals surface area contributed by atoms with Gasteiger partial charge in [-0.1, -0.05) is 33.6 Å². The van der Waals surface area contributed by atoms with Crippen LogP contribution in [0.15, 0.2) is 41.1 Å². The largest absolute Gasteiger partial charge is 0.239 e. The average molecular weight is 258 g/mol. The van der Waals surface area contributed by atoms with Crippen LogP contribution in [0.25, 0.3) is 5.69 Å². The highest BCUT2D eigenvalue weighted by Crippen LogP contribution is 2.16. The molecule has 0 aliphatic heterocycles. The van der Waals surface area contributed by atoms with Gasteiger partial charge in [0.05, 0.1) is 16.9 Å². The molecule has 66 valence electrons. The summed E-state index contributed by atoms with van der Waals surface area (Å²) in [5, 5.41) is 4.73. The molecule has 0 bridgehead atoms. The maximum Gasteiger partial charge on any atom is 0.0790 e. The topological polar surface area (TPSA) is 17.8 Å². The van der Waals surface area contributed by atoms with Gasteiger partial charge in [0.25, 0.3) is 0 Å². The smallest absolute Gasteiger partial charge is 0.0790 e. The molecule has 0 atom stereocenters. The van der Waals surface area contributed by atoms with Gasteiger partial charge in [0, 0.05) is 10.7 Å². The van der Waals surface area contributed by atoms with E-state index in [9.17, 15) is 0 Å². The van der Waals surface area contributed by atoms with Crippen molar-refractivity contribution in [3.63, 3.8) is 0 Å². The molecule has 0 saturated heterocycles. The summed E-state index contributed by atoms with van der Waals surface area (Å²) in [4.78, 5) is 0. The maximum atomic E-state index is 5.76. The third-order valence-electron chi connectivity index (χ3n) is 1.62. The van der Waals surface area contributed by atoms with Gasteiger partial charge in [-0.2, -0.15) is 5.10 Å². The lowest BCUT2D eigenvalue weighted by Crippen LogP contribution is -1.92. The minimum atomic E-state index is 0.639. The summed E-state index contributed by atoms with van der Waals surface area (Å²) in [6.45, 7) is 0. The van der Waals surface area contributed by atoms with Crippen molar-refractivity contribution in [1.82, 2.24) is 9.78 Å². The van der Waals surface area contributed by atoms with Crippen molar-refractivity contribution in [3.05, 3.63) is 46.2 Å². The first kappa shape index (κ1) is 8.78. The molecule has 0 radical (unpaired) electrons. The monoisotopic (exact) mass is 256 g/mol. The molecule has 2 nitrogen and oxygen atoms in total. The van der Waals surface area contributed by atoms with Crippen LogP contribution in [0.3, 0.4) is 0 Å². The van der Waals surface area contributed by atoms with Crippen LogP contribution in [0.5, 0.6) is 0 Å². The molecular weight excluding hydrogens is 251 g/mol. The van der Waals surface area contributed by atoms with Gasteiger partial charge in [0.2, 0.25) is 0 Å². The molecule has 0 fully saturated rings. The van der Waals surface area contributed by atoms with Gasteiger partial charge < -0.3 is 0 Å². The second kappa shape index (κ2) is 3.52. The first-order chi connectivity index (χ1) is 6.25. The maximum absolute atomic E-state index is 5.76. The van der Waals surface area contributed by atoms with E-state index in [2.05, 4.69) is 21.0 Å². The summed E-state index contributed by atoms with van der Waals surface area (Å²) in [6.07, 6.45) is 3.38. The van der Waals surface area contributed by atoms with Crippen LogP contribution in [0, 0.1) is 0 Å². The first-order valence-corrected chi connectivity index (χ1v) is 4.89. The average Bonchev–Trinajstić information content (AvgIpc) is 2.52. The molecule has 0 saturated carbocycles. The van der Waals surface area contributed by atoms with Crippen LogP contribution in [-0.4, -0.2) is 9.78 Å². The van der Waals surface area contributed by atoms with E-state index in [0.29, 0.717) is 5.02 Å². The Morgan fingerprint density at radius 3 is 2.85 bits per heavy atom. The Morgan fingerprint density at radius 2 is 2.23 bits per heavy atom. The number of nitrogens with zero attached hydrogens (tertiary/aromatic N) is 2. The summed E-state index contributed by atoms with van der Waals surface area (Å²) < 4.78 is 2.75. The third-order valence-corrected chi connectivity index (χ3v) is 2.31. The van der Waals surface area contributed by atoms with Crippen LogP contribution in [-0.2, 0) is 0 Å². The minimum absolute atomic E-state index is 0.639. The number of hydrogen-bond acceptors (Lipinski definition) is 1. The number of aromatic nitrogens is 2. The molecule has 0 aliphatic carbocycles. The van der Waals surface area contributed by atoms with Crippen LogP contribution in [0.2, 0.25) is 5.02 Å². The molecular formula is C9H6BrClN2. The highest BCUT2D eigenvalue weighted by atomic mass is 79.9. The van der Waals surface area contributed by atoms with Gasteiger partial charge in [-0.05, 0) is 18.2 Å². The Labute approximate surface area is 89.3 Å². The normalized spacial score (nSPS) is 10.3. The first-order valence-electron chi connectivity index (χ1n) is 3.72. The summed E-state index contributed by atoms with van der Waals surface area (Å²) >= 11 is 9.15. The lowest BCUT2D eigenvalue weighted by molar-refractivity contribution is 0.880. The van der Waals surface area contributed by atoms with Crippen molar-refractivity contribution >= 4 is 27.5 Å². The molecule has 0 amide bonds. The zero-order valence-corrected chi connectivity index (χ0v) is 8.96. The van der Waals surface area contributed by atoms with Gasteiger partial charge in [0.1, 0.15) is 0 Å². The van der Waals surface area contributed by atoms with E-state index >= 15 is 0 Å². The Kier molecular flexibility index (Phi) is 2.38. The fraction of sp³-hybridized carbons (Fsp3) is 0. The molecule has 1 aromatic heterocycles. The lowest BCUT2D eigenvalue weighted by Gasteiger charge is -2.00. The van der Waals surface area contributed by atoms with Crippen molar-refractivity contribution in [2.24, 2.45) is 0 Å². The van der Waals surface area contributed by atoms with Crippen LogP contribution < -0.4 is 0 Å². The van der Waals surface area contributed by atoms with E-state index < -0.39 is 0 Å². The second-order valence-electron chi connectivity index (χ2n) is 2.58. The van der Waals surface area contributed by atoms with Gasteiger partial charge in [-0.25, -0.2) is 4.68 Å². The van der Waals surface area contributed by atoms with E-state index in [1.165, 1.54) is 0 Å². The van der Waals surface area contributed by atoms with Gasteiger partial charge >= 0.3 is 0 Å². The fourth-order valence-corrected chi connectivity index (χ4v) is 1.58. The zero-order chi connectivity index (χ0) is 9.26. The van der Waals surface area contributed by atoms with E-state index in [-0.39, 0.29) is 0 Å². The summed E-state index contributed by atoms with van der Waals surface area (Å²) in [5.41, 5.74) is 0.987. The van der Waals surface area contributed by atoms with Crippen molar-refractivity contribution < 1.29 is 0 Å². The summed E-state index contributed by atoms with van der Waals surface area (Å²) in [5.74, 6) is 0. The van der Waals surface area contributed by atoms with E-state index in [1.54, 1.807) is 17.1 Å². The SMILES string of the molecule is Clc1cnn(-c2cccc(Br)c2)c1. The highest BCUT2D eigenvalue weighted by Gasteiger charge is 1.98. The Morgan fingerprint density at radius 1 is 1.38 bits per heavy atom. The van der Waals surface area contributed by atoms with Gasteiger partial charge in [-0.3, -0.25) is 0 Å². The van der Waals surface area contributed by atoms with Crippen molar-refractivity contribution in [1.29, 1.82) is 0 Å². The molecule has 2 aromatic rings. The number of benzene rings is 1. The lowest BCUT2D eigenvalue weighted by atomic mass is 10.3. The minimum Gasteiger partial charge on any atom is -0.239 e. The van der Waals surface area contributed by atoms with Crippen molar-refractivity contribution in [2.75, 3.05) is 0 Å². The second-order valence-corrected chi connectivity index (χ2v) is 3.94. The zero-order valence-electron chi connectivity index (χ0n) is 6.61. The highest BCUT2D eigenvalue weighted by molar-refractivity contribution is 9.10. The van der Waals surface area contributed by atoms with Gasteiger partial charge in [0.15, 0.2) is 0 Å². The molecule has 0 spiro atoms. The molecule has 0 aliphatic rings. The predicted molar refractivity (Wildman–Crippen MR) is 56.3 cm³/mol. The van der Waals surface area contributed by atoms with E-state index in [4.69, 9.17) is 11.6 Å². The van der Waals surface area contributed by atoms with Crippen LogP contribution in [0.4, 0.5) is 0 Å². The van der Waals surface area contributed by atoms with Gasteiger partial charge in [-0.15, -0.1) is 0 Å². The summed E-state index contributed by atoms with van der Waals surface area (Å²) in [7, 11) is 0. The molecule has 1 aromatic carbocycles. The molecule has 2 rings (SSSR count). The van der Waals surface area contributed by atoms with Crippen molar-refractivity contribution in [3.8, 4) is 5.69 Å². The molecule has 4 heteroatoms. The molecule has 13 heavy (non-hydrogen) atoms. The molecule has 0 unspecified atom stereocenters. The number of rotatable bonds is 1.